The van der Waals surface area contributed by atoms with Gasteiger partial charge in [-0.25, -0.2) is 0 Å². The summed E-state index contributed by atoms with van der Waals surface area (Å²) >= 11 is 0. The van der Waals surface area contributed by atoms with Gasteiger partial charge in [-0.2, -0.15) is 0 Å². The molecule has 1 aromatic rings. The lowest BCUT2D eigenvalue weighted by Gasteiger charge is -2.32. The van der Waals surface area contributed by atoms with Gasteiger partial charge in [0.2, 0.25) is 0 Å². The fraction of sp³-hybridized carbons (Fsp3) is 0.588. The molecule has 0 radical (unpaired) electrons. The average Bonchev–Trinajstić information content (AvgIpc) is 2.65. The molecule has 22 heavy (non-hydrogen) atoms. The summed E-state index contributed by atoms with van der Waals surface area (Å²) in [5.41, 5.74) is 0.374. The zero-order chi connectivity index (χ0) is 16.2. The number of ether oxygens (including phenoxy) is 1. The molecule has 1 aliphatic heterocycles. The van der Waals surface area contributed by atoms with Crippen molar-refractivity contribution >= 4 is 13.1 Å². The van der Waals surface area contributed by atoms with Crippen molar-refractivity contribution in [1.29, 1.82) is 0 Å². The highest BCUT2D eigenvalue weighted by molar-refractivity contribution is 6.45. The molecule has 0 unspecified atom stereocenters. The lowest BCUT2D eigenvalue weighted by Crippen LogP contribution is -2.41. The topological polar surface area (TPSA) is 44.8 Å². The van der Waals surface area contributed by atoms with Crippen LogP contribution < -0.4 is 0 Å². The standard InChI is InChI=1S/C17H25BO4/c1-16(2)17(3,4)22-18(21-16)12-8-11-15(19)20-13-14-9-6-5-7-10-14/h5-7,9-10H,8,11-13H2,1-4H3. The van der Waals surface area contributed by atoms with Gasteiger partial charge in [0.15, 0.2) is 0 Å². The van der Waals surface area contributed by atoms with E-state index in [0.29, 0.717) is 25.8 Å². The summed E-state index contributed by atoms with van der Waals surface area (Å²) in [4.78, 5) is 11.7. The van der Waals surface area contributed by atoms with Gasteiger partial charge in [0.05, 0.1) is 11.2 Å². The van der Waals surface area contributed by atoms with Crippen LogP contribution in [0.3, 0.4) is 0 Å². The van der Waals surface area contributed by atoms with E-state index in [2.05, 4.69) is 0 Å². The normalized spacial score (nSPS) is 19.2. The molecule has 0 atom stereocenters. The van der Waals surface area contributed by atoms with Crippen LogP contribution in [0.1, 0.15) is 46.1 Å². The highest BCUT2D eigenvalue weighted by Gasteiger charge is 2.50. The predicted octanol–water partition coefficient (Wildman–Crippen LogP) is 3.60. The molecule has 1 fully saturated rings. The molecule has 0 aromatic heterocycles. The second kappa shape index (κ2) is 6.84. The largest absolute Gasteiger partial charge is 0.461 e. The molecule has 1 saturated heterocycles. The average molecular weight is 304 g/mol. The second-order valence-corrected chi connectivity index (χ2v) is 6.72. The van der Waals surface area contributed by atoms with Crippen LogP contribution in [0, 0.1) is 0 Å². The van der Waals surface area contributed by atoms with Crippen molar-refractivity contribution in [3.63, 3.8) is 0 Å². The van der Waals surface area contributed by atoms with E-state index in [0.717, 1.165) is 5.56 Å². The zero-order valence-electron chi connectivity index (χ0n) is 13.9. The molecule has 0 saturated carbocycles. The molecule has 0 aliphatic carbocycles. The Morgan fingerprint density at radius 2 is 1.68 bits per heavy atom. The first-order chi connectivity index (χ1) is 10.3. The first kappa shape index (κ1) is 17.0. The summed E-state index contributed by atoms with van der Waals surface area (Å²) in [7, 11) is -0.244. The van der Waals surface area contributed by atoms with Gasteiger partial charge >= 0.3 is 13.1 Å². The molecule has 1 aromatic carbocycles. The Bertz CT molecular complexity index is 483. The van der Waals surface area contributed by atoms with Gasteiger partial charge in [0, 0.05) is 6.42 Å². The fourth-order valence-corrected chi connectivity index (χ4v) is 2.31. The van der Waals surface area contributed by atoms with Gasteiger partial charge in [-0.1, -0.05) is 30.3 Å². The maximum absolute atomic E-state index is 11.7. The van der Waals surface area contributed by atoms with E-state index in [1.54, 1.807) is 0 Å². The summed E-state index contributed by atoms with van der Waals surface area (Å²) in [6, 6.07) is 9.69. The molecular weight excluding hydrogens is 279 g/mol. The molecule has 2 rings (SSSR count). The van der Waals surface area contributed by atoms with E-state index in [1.165, 1.54) is 0 Å². The van der Waals surface area contributed by atoms with Crippen molar-refractivity contribution in [3.8, 4) is 0 Å². The molecular formula is C17H25BO4. The van der Waals surface area contributed by atoms with Crippen molar-refractivity contribution in [1.82, 2.24) is 0 Å². The van der Waals surface area contributed by atoms with Gasteiger partial charge in [0.25, 0.3) is 0 Å². The fourth-order valence-electron chi connectivity index (χ4n) is 2.31. The van der Waals surface area contributed by atoms with E-state index < -0.39 is 0 Å². The van der Waals surface area contributed by atoms with Crippen LogP contribution in [-0.2, 0) is 25.4 Å². The van der Waals surface area contributed by atoms with Crippen LogP contribution in [0.15, 0.2) is 30.3 Å². The lowest BCUT2D eigenvalue weighted by molar-refractivity contribution is -0.145. The lowest BCUT2D eigenvalue weighted by atomic mass is 9.82. The minimum Gasteiger partial charge on any atom is -0.461 e. The summed E-state index contributed by atoms with van der Waals surface area (Å²) in [5.74, 6) is -0.180. The van der Waals surface area contributed by atoms with Crippen LogP contribution in [-0.4, -0.2) is 24.3 Å². The highest BCUT2D eigenvalue weighted by Crippen LogP contribution is 2.38. The van der Waals surface area contributed by atoms with Crippen LogP contribution in [0.25, 0.3) is 0 Å². The van der Waals surface area contributed by atoms with E-state index in [-0.39, 0.29) is 24.3 Å². The Labute approximate surface area is 133 Å². The minimum atomic E-state index is -0.314. The molecule has 4 nitrogen and oxygen atoms in total. The summed E-state index contributed by atoms with van der Waals surface area (Å²) in [6.45, 7) is 8.45. The SMILES string of the molecule is CC1(C)OB(CCCC(=O)OCc2ccccc2)OC1(C)C. The Morgan fingerprint density at radius 3 is 2.27 bits per heavy atom. The molecule has 120 valence electrons. The Kier molecular flexibility index (Phi) is 5.30. The Morgan fingerprint density at radius 1 is 1.09 bits per heavy atom. The number of hydrogen-bond donors (Lipinski definition) is 0. The van der Waals surface area contributed by atoms with Crippen molar-refractivity contribution in [2.24, 2.45) is 0 Å². The maximum Gasteiger partial charge on any atom is 0.457 e. The molecule has 0 N–H and O–H groups in total. The maximum atomic E-state index is 11.7. The molecule has 5 heteroatoms. The number of benzene rings is 1. The number of rotatable bonds is 6. The van der Waals surface area contributed by atoms with Crippen LogP contribution in [0.5, 0.6) is 0 Å². The van der Waals surface area contributed by atoms with Crippen LogP contribution in [0.4, 0.5) is 0 Å². The van der Waals surface area contributed by atoms with Crippen molar-refractivity contribution in [2.45, 2.75) is 64.7 Å². The van der Waals surface area contributed by atoms with Gasteiger partial charge < -0.3 is 14.0 Å². The third-order valence-electron chi connectivity index (χ3n) is 4.37. The van der Waals surface area contributed by atoms with Gasteiger partial charge in [0.1, 0.15) is 6.61 Å². The molecule has 0 bridgehead atoms. The Hall–Kier alpha value is -1.33. The van der Waals surface area contributed by atoms with Gasteiger partial charge in [-0.3, -0.25) is 4.79 Å². The van der Waals surface area contributed by atoms with Gasteiger partial charge in [-0.15, -0.1) is 0 Å². The molecule has 0 amide bonds. The van der Waals surface area contributed by atoms with Crippen LogP contribution >= 0.6 is 0 Å². The third kappa shape index (κ3) is 4.34. The smallest absolute Gasteiger partial charge is 0.457 e. The first-order valence-electron chi connectivity index (χ1n) is 7.85. The first-order valence-corrected chi connectivity index (χ1v) is 7.85. The molecule has 0 spiro atoms. The van der Waals surface area contributed by atoms with E-state index in [4.69, 9.17) is 14.0 Å². The quantitative estimate of drug-likeness (QED) is 0.595. The monoisotopic (exact) mass is 304 g/mol. The van der Waals surface area contributed by atoms with E-state index in [1.807, 2.05) is 58.0 Å². The van der Waals surface area contributed by atoms with Gasteiger partial charge in [-0.05, 0) is 46.0 Å². The third-order valence-corrected chi connectivity index (χ3v) is 4.37. The predicted molar refractivity (Wildman–Crippen MR) is 86.4 cm³/mol. The molecule has 1 heterocycles. The van der Waals surface area contributed by atoms with E-state index in [9.17, 15) is 4.79 Å². The second-order valence-electron chi connectivity index (χ2n) is 6.72. The highest BCUT2D eigenvalue weighted by atomic mass is 16.7. The summed E-state index contributed by atoms with van der Waals surface area (Å²) in [6.07, 6.45) is 1.79. The van der Waals surface area contributed by atoms with Crippen molar-refractivity contribution < 1.29 is 18.8 Å². The Balaban J connectivity index is 1.66. The number of hydrogen-bond acceptors (Lipinski definition) is 4. The number of carbonyl (C=O) groups is 1. The van der Waals surface area contributed by atoms with Crippen molar-refractivity contribution in [3.05, 3.63) is 35.9 Å². The van der Waals surface area contributed by atoms with Crippen molar-refractivity contribution in [2.75, 3.05) is 0 Å². The van der Waals surface area contributed by atoms with E-state index >= 15 is 0 Å². The molecule has 1 aliphatic rings. The summed E-state index contributed by atoms with van der Waals surface area (Å²) in [5, 5.41) is 0. The minimum absolute atomic E-state index is 0.180. The zero-order valence-corrected chi connectivity index (χ0v) is 13.9. The number of carbonyl (C=O) groups excluding carboxylic acids is 1. The number of esters is 1. The van der Waals surface area contributed by atoms with Crippen LogP contribution in [0.2, 0.25) is 6.32 Å². The summed E-state index contributed by atoms with van der Waals surface area (Å²) < 4.78 is 17.1.